The summed E-state index contributed by atoms with van der Waals surface area (Å²) in [6.07, 6.45) is 2.51. The van der Waals surface area contributed by atoms with Gasteiger partial charge in [-0.2, -0.15) is 0 Å². The maximum Gasteiger partial charge on any atom is 0.0590 e. The Kier molecular flexibility index (Phi) is 5.01. The molecule has 1 unspecified atom stereocenters. The maximum absolute atomic E-state index is 6.29. The van der Waals surface area contributed by atoms with Crippen molar-refractivity contribution in [2.75, 3.05) is 26.8 Å². The third-order valence-corrected chi connectivity index (χ3v) is 3.80. The van der Waals surface area contributed by atoms with Crippen molar-refractivity contribution >= 4 is 11.6 Å². The lowest BCUT2D eigenvalue weighted by atomic mass is 10.0. The van der Waals surface area contributed by atoms with E-state index < -0.39 is 0 Å². The average molecular weight is 269 g/mol. The average Bonchev–Trinajstić information content (AvgIpc) is 3.20. The van der Waals surface area contributed by atoms with Crippen LogP contribution in [0.1, 0.15) is 24.4 Å². The molecule has 0 radical (unpaired) electrons. The minimum atomic E-state index is 0.196. The van der Waals surface area contributed by atoms with E-state index in [9.17, 15) is 0 Å². The number of rotatable bonds is 7. The number of ether oxygens (including phenoxy) is 1. The van der Waals surface area contributed by atoms with Crippen LogP contribution in [0.25, 0.3) is 0 Å². The van der Waals surface area contributed by atoms with Crippen molar-refractivity contribution in [1.29, 1.82) is 0 Å². The summed E-state index contributed by atoms with van der Waals surface area (Å²) in [4.78, 5) is 2.44. The van der Waals surface area contributed by atoms with E-state index >= 15 is 0 Å². The standard InChI is InChI=1S/C14H21ClN2O/c1-18-9-8-17(11-6-7-11)14(10-16)12-4-2-3-5-13(12)15/h2-5,11,14H,6-10,16H2,1H3. The van der Waals surface area contributed by atoms with Gasteiger partial charge in [-0.25, -0.2) is 0 Å². The van der Waals surface area contributed by atoms with Crippen LogP contribution < -0.4 is 5.73 Å². The number of halogens is 1. The van der Waals surface area contributed by atoms with Crippen molar-refractivity contribution < 1.29 is 4.74 Å². The summed E-state index contributed by atoms with van der Waals surface area (Å²) in [5.41, 5.74) is 7.10. The van der Waals surface area contributed by atoms with E-state index in [2.05, 4.69) is 11.0 Å². The largest absolute Gasteiger partial charge is 0.383 e. The molecule has 2 rings (SSSR count). The van der Waals surface area contributed by atoms with Crippen LogP contribution in [-0.4, -0.2) is 37.7 Å². The van der Waals surface area contributed by atoms with E-state index in [0.717, 1.165) is 23.7 Å². The van der Waals surface area contributed by atoms with E-state index in [4.69, 9.17) is 22.1 Å². The Labute approximate surface area is 114 Å². The summed E-state index contributed by atoms with van der Waals surface area (Å²) < 4.78 is 5.20. The topological polar surface area (TPSA) is 38.5 Å². The third kappa shape index (κ3) is 3.23. The molecule has 3 nitrogen and oxygen atoms in total. The molecule has 1 saturated carbocycles. The van der Waals surface area contributed by atoms with Crippen LogP contribution in [0.15, 0.2) is 24.3 Å². The molecule has 1 atom stereocenters. The number of hydrogen-bond donors (Lipinski definition) is 1. The van der Waals surface area contributed by atoms with E-state index in [0.29, 0.717) is 12.6 Å². The summed E-state index contributed by atoms with van der Waals surface area (Å²) in [5.74, 6) is 0. The summed E-state index contributed by atoms with van der Waals surface area (Å²) in [6.45, 7) is 2.23. The second-order valence-corrected chi connectivity index (χ2v) is 5.14. The highest BCUT2D eigenvalue weighted by molar-refractivity contribution is 6.31. The summed E-state index contributed by atoms with van der Waals surface area (Å²) in [5, 5.41) is 0.802. The van der Waals surface area contributed by atoms with Gasteiger partial charge in [0, 0.05) is 37.3 Å². The molecule has 1 aromatic rings. The van der Waals surface area contributed by atoms with Crippen molar-refractivity contribution in [3.8, 4) is 0 Å². The lowest BCUT2D eigenvalue weighted by Crippen LogP contribution is -2.37. The lowest BCUT2D eigenvalue weighted by molar-refractivity contribution is 0.115. The second-order valence-electron chi connectivity index (χ2n) is 4.73. The smallest absolute Gasteiger partial charge is 0.0590 e. The fourth-order valence-electron chi connectivity index (χ4n) is 2.38. The number of benzene rings is 1. The molecule has 18 heavy (non-hydrogen) atoms. The summed E-state index contributed by atoms with van der Waals surface area (Å²) >= 11 is 6.29. The van der Waals surface area contributed by atoms with Gasteiger partial charge in [0.05, 0.1) is 6.61 Å². The van der Waals surface area contributed by atoms with Gasteiger partial charge in [-0.05, 0) is 24.5 Å². The predicted octanol–water partition coefficient (Wildman–Crippen LogP) is 2.45. The Morgan fingerprint density at radius 1 is 1.44 bits per heavy atom. The van der Waals surface area contributed by atoms with E-state index in [1.54, 1.807) is 7.11 Å². The van der Waals surface area contributed by atoms with Crippen LogP contribution in [0, 0.1) is 0 Å². The van der Waals surface area contributed by atoms with Crippen LogP contribution in [0.4, 0.5) is 0 Å². The molecule has 0 spiro atoms. The Morgan fingerprint density at radius 2 is 2.17 bits per heavy atom. The molecule has 0 saturated heterocycles. The Bertz CT molecular complexity index is 382. The van der Waals surface area contributed by atoms with Crippen LogP contribution in [0.3, 0.4) is 0 Å². The van der Waals surface area contributed by atoms with Gasteiger partial charge in [-0.3, -0.25) is 4.90 Å². The predicted molar refractivity (Wildman–Crippen MR) is 74.9 cm³/mol. The number of nitrogens with zero attached hydrogens (tertiary/aromatic N) is 1. The van der Waals surface area contributed by atoms with E-state index in [1.807, 2.05) is 18.2 Å². The zero-order valence-electron chi connectivity index (χ0n) is 10.8. The van der Waals surface area contributed by atoms with Crippen LogP contribution in [0.2, 0.25) is 5.02 Å². The van der Waals surface area contributed by atoms with E-state index in [-0.39, 0.29) is 6.04 Å². The van der Waals surface area contributed by atoms with Gasteiger partial charge >= 0.3 is 0 Å². The molecule has 4 heteroatoms. The van der Waals surface area contributed by atoms with Crippen molar-refractivity contribution in [3.05, 3.63) is 34.9 Å². The molecule has 0 aromatic heterocycles. The number of nitrogens with two attached hydrogens (primary N) is 1. The van der Waals surface area contributed by atoms with Gasteiger partial charge in [-0.1, -0.05) is 29.8 Å². The molecule has 1 aliphatic carbocycles. The molecule has 1 aliphatic rings. The minimum Gasteiger partial charge on any atom is -0.383 e. The summed E-state index contributed by atoms with van der Waals surface area (Å²) in [6, 6.07) is 8.82. The van der Waals surface area contributed by atoms with Gasteiger partial charge in [-0.15, -0.1) is 0 Å². The van der Waals surface area contributed by atoms with Crippen molar-refractivity contribution in [2.45, 2.75) is 24.9 Å². The molecule has 0 aliphatic heterocycles. The van der Waals surface area contributed by atoms with Crippen LogP contribution in [0.5, 0.6) is 0 Å². The Morgan fingerprint density at radius 3 is 2.72 bits per heavy atom. The first-order valence-electron chi connectivity index (χ1n) is 6.47. The first-order valence-corrected chi connectivity index (χ1v) is 6.85. The quantitative estimate of drug-likeness (QED) is 0.826. The normalized spacial score (nSPS) is 17.1. The fraction of sp³-hybridized carbons (Fsp3) is 0.571. The molecule has 0 amide bonds. The molecule has 1 fully saturated rings. The maximum atomic E-state index is 6.29. The Hall–Kier alpha value is -0.610. The SMILES string of the molecule is COCCN(C1CC1)C(CN)c1ccccc1Cl. The fourth-order valence-corrected chi connectivity index (χ4v) is 2.64. The van der Waals surface area contributed by atoms with Crippen LogP contribution in [-0.2, 0) is 4.74 Å². The highest BCUT2D eigenvalue weighted by atomic mass is 35.5. The number of hydrogen-bond acceptors (Lipinski definition) is 3. The molecule has 0 bridgehead atoms. The van der Waals surface area contributed by atoms with E-state index in [1.165, 1.54) is 12.8 Å². The van der Waals surface area contributed by atoms with Gasteiger partial charge < -0.3 is 10.5 Å². The Balaban J connectivity index is 2.17. The zero-order valence-corrected chi connectivity index (χ0v) is 11.6. The monoisotopic (exact) mass is 268 g/mol. The highest BCUT2D eigenvalue weighted by Gasteiger charge is 2.34. The minimum absolute atomic E-state index is 0.196. The van der Waals surface area contributed by atoms with Gasteiger partial charge in [0.1, 0.15) is 0 Å². The third-order valence-electron chi connectivity index (χ3n) is 3.46. The molecule has 2 N–H and O–H groups in total. The van der Waals surface area contributed by atoms with Crippen molar-refractivity contribution in [2.24, 2.45) is 5.73 Å². The van der Waals surface area contributed by atoms with Gasteiger partial charge in [0.2, 0.25) is 0 Å². The van der Waals surface area contributed by atoms with Crippen LogP contribution >= 0.6 is 11.6 Å². The molecular formula is C14H21ClN2O. The summed E-state index contributed by atoms with van der Waals surface area (Å²) in [7, 11) is 1.73. The molecule has 1 aromatic carbocycles. The van der Waals surface area contributed by atoms with Crippen molar-refractivity contribution in [3.63, 3.8) is 0 Å². The first kappa shape index (κ1) is 13.8. The second kappa shape index (κ2) is 6.53. The molecular weight excluding hydrogens is 248 g/mol. The molecule has 100 valence electrons. The first-order chi connectivity index (χ1) is 8.77. The lowest BCUT2D eigenvalue weighted by Gasteiger charge is -2.31. The zero-order chi connectivity index (χ0) is 13.0. The molecule has 0 heterocycles. The van der Waals surface area contributed by atoms with Gasteiger partial charge in [0.15, 0.2) is 0 Å². The van der Waals surface area contributed by atoms with Crippen molar-refractivity contribution in [1.82, 2.24) is 4.90 Å². The highest BCUT2D eigenvalue weighted by Crippen LogP contribution is 2.35. The number of methoxy groups -OCH3 is 1. The van der Waals surface area contributed by atoms with Gasteiger partial charge in [0.25, 0.3) is 0 Å².